The van der Waals surface area contributed by atoms with Crippen molar-refractivity contribution in [1.29, 1.82) is 0 Å². The van der Waals surface area contributed by atoms with Crippen LogP contribution in [0.3, 0.4) is 0 Å². The third kappa shape index (κ3) is 2.56. The van der Waals surface area contributed by atoms with Crippen LogP contribution in [-0.4, -0.2) is 10.8 Å². The van der Waals surface area contributed by atoms with Crippen molar-refractivity contribution in [2.75, 3.05) is 0 Å². The van der Waals surface area contributed by atoms with Gasteiger partial charge in [0.2, 0.25) is 0 Å². The van der Waals surface area contributed by atoms with Gasteiger partial charge in [-0.05, 0) is 6.07 Å². The van der Waals surface area contributed by atoms with Gasteiger partial charge in [0.1, 0.15) is 5.69 Å². The number of halogens is 4. The molecule has 1 aromatic heterocycles. The number of pyridine rings is 1. The molecule has 0 radical (unpaired) electrons. The lowest BCUT2D eigenvalue weighted by Gasteiger charge is -2.08. The molecular formula is C10H9F4NO. The minimum atomic E-state index is -4.66. The van der Waals surface area contributed by atoms with Crippen LogP contribution in [0.4, 0.5) is 17.6 Å². The van der Waals surface area contributed by atoms with Crippen molar-refractivity contribution in [1.82, 2.24) is 4.98 Å². The highest BCUT2D eigenvalue weighted by atomic mass is 19.4. The summed E-state index contributed by atoms with van der Waals surface area (Å²) in [6, 6.07) is 0.280. The zero-order valence-electron chi connectivity index (χ0n) is 8.60. The van der Waals surface area contributed by atoms with Gasteiger partial charge in [0.05, 0.1) is 5.56 Å². The fourth-order valence-electron chi connectivity index (χ4n) is 1.05. The molecule has 1 heterocycles. The van der Waals surface area contributed by atoms with Gasteiger partial charge in [0.15, 0.2) is 11.6 Å². The van der Waals surface area contributed by atoms with Gasteiger partial charge in [-0.25, -0.2) is 9.37 Å². The molecule has 0 unspecified atom stereocenters. The molecule has 0 atom stereocenters. The minimum absolute atomic E-state index is 0.280. The summed E-state index contributed by atoms with van der Waals surface area (Å²) in [4.78, 5) is 14.6. The molecule has 0 amide bonds. The van der Waals surface area contributed by atoms with Crippen molar-refractivity contribution < 1.29 is 22.4 Å². The number of hydrogen-bond donors (Lipinski definition) is 0. The summed E-state index contributed by atoms with van der Waals surface area (Å²) >= 11 is 0. The van der Waals surface area contributed by atoms with Crippen LogP contribution in [0.15, 0.2) is 12.3 Å². The van der Waals surface area contributed by atoms with Gasteiger partial charge in [-0.2, -0.15) is 13.2 Å². The molecule has 1 rings (SSSR count). The van der Waals surface area contributed by atoms with E-state index in [0.29, 0.717) is 6.20 Å². The van der Waals surface area contributed by atoms with Gasteiger partial charge in [-0.1, -0.05) is 13.8 Å². The van der Waals surface area contributed by atoms with Crippen LogP contribution in [0.1, 0.15) is 29.9 Å². The van der Waals surface area contributed by atoms with Crippen LogP contribution in [0.5, 0.6) is 0 Å². The molecular weight excluding hydrogens is 226 g/mol. The third-order valence-corrected chi connectivity index (χ3v) is 1.93. The monoisotopic (exact) mass is 235 g/mol. The molecule has 0 fully saturated rings. The van der Waals surface area contributed by atoms with E-state index in [9.17, 15) is 22.4 Å². The molecule has 1 aromatic rings. The predicted octanol–water partition coefficient (Wildman–Crippen LogP) is 3.08. The number of aromatic nitrogens is 1. The van der Waals surface area contributed by atoms with Gasteiger partial charge in [-0.3, -0.25) is 4.79 Å². The van der Waals surface area contributed by atoms with Crippen molar-refractivity contribution in [3.8, 4) is 0 Å². The quantitative estimate of drug-likeness (QED) is 0.582. The summed E-state index contributed by atoms with van der Waals surface area (Å²) in [5, 5.41) is 0. The number of nitrogens with zero attached hydrogens (tertiary/aromatic N) is 1. The smallest absolute Gasteiger partial charge is 0.292 e. The predicted molar refractivity (Wildman–Crippen MR) is 48.4 cm³/mol. The number of carbonyl (C=O) groups is 1. The Kier molecular flexibility index (Phi) is 3.30. The van der Waals surface area contributed by atoms with Gasteiger partial charge in [0, 0.05) is 12.1 Å². The Labute approximate surface area is 89.3 Å². The highest BCUT2D eigenvalue weighted by Crippen LogP contribution is 2.29. The summed E-state index contributed by atoms with van der Waals surface area (Å²) in [7, 11) is 0. The summed E-state index contributed by atoms with van der Waals surface area (Å²) in [5.41, 5.74) is -1.76. The van der Waals surface area contributed by atoms with Crippen molar-refractivity contribution in [2.24, 2.45) is 5.92 Å². The Balaban J connectivity index is 3.15. The van der Waals surface area contributed by atoms with Crippen molar-refractivity contribution in [2.45, 2.75) is 20.0 Å². The van der Waals surface area contributed by atoms with E-state index in [4.69, 9.17) is 0 Å². The zero-order chi connectivity index (χ0) is 12.5. The standard InChI is InChI=1S/C10H9F4NO/c1-5(2)9(16)8-7(11)3-6(4-15-8)10(12,13)14/h3-5H,1-2H3. The summed E-state index contributed by atoms with van der Waals surface area (Å²) < 4.78 is 49.7. The zero-order valence-corrected chi connectivity index (χ0v) is 8.60. The number of rotatable bonds is 2. The molecule has 6 heteroatoms. The van der Waals surface area contributed by atoms with E-state index in [-0.39, 0.29) is 6.07 Å². The molecule has 0 saturated carbocycles. The molecule has 0 aliphatic rings. The van der Waals surface area contributed by atoms with Crippen molar-refractivity contribution in [3.63, 3.8) is 0 Å². The number of hydrogen-bond acceptors (Lipinski definition) is 2. The normalized spacial score (nSPS) is 11.9. The summed E-state index contributed by atoms with van der Waals surface area (Å²) in [6.07, 6.45) is -4.20. The highest BCUT2D eigenvalue weighted by molar-refractivity contribution is 5.95. The molecule has 0 aliphatic carbocycles. The largest absolute Gasteiger partial charge is 0.417 e. The number of ketones is 1. The molecule has 0 aromatic carbocycles. The van der Waals surface area contributed by atoms with E-state index in [1.54, 1.807) is 0 Å². The van der Waals surface area contributed by atoms with Gasteiger partial charge < -0.3 is 0 Å². The second kappa shape index (κ2) is 4.19. The van der Waals surface area contributed by atoms with Crippen LogP contribution >= 0.6 is 0 Å². The van der Waals surface area contributed by atoms with Crippen molar-refractivity contribution in [3.05, 3.63) is 29.3 Å². The lowest BCUT2D eigenvalue weighted by atomic mass is 10.0. The van der Waals surface area contributed by atoms with E-state index in [1.807, 2.05) is 0 Å². The van der Waals surface area contributed by atoms with Crippen LogP contribution in [0.25, 0.3) is 0 Å². The Morgan fingerprint density at radius 1 is 1.38 bits per heavy atom. The maximum absolute atomic E-state index is 13.2. The lowest BCUT2D eigenvalue weighted by Crippen LogP contribution is -2.14. The van der Waals surface area contributed by atoms with Gasteiger partial charge >= 0.3 is 6.18 Å². The van der Waals surface area contributed by atoms with E-state index < -0.39 is 35.0 Å². The van der Waals surface area contributed by atoms with E-state index in [0.717, 1.165) is 0 Å². The molecule has 2 nitrogen and oxygen atoms in total. The number of carbonyl (C=O) groups excluding carboxylic acids is 1. The number of Topliss-reactive ketones (excluding diaryl/α,β-unsaturated/α-hetero) is 1. The average Bonchev–Trinajstić information content (AvgIpc) is 2.15. The molecule has 0 N–H and O–H groups in total. The minimum Gasteiger partial charge on any atom is -0.292 e. The second-order valence-electron chi connectivity index (χ2n) is 3.57. The highest BCUT2D eigenvalue weighted by Gasteiger charge is 2.32. The summed E-state index contributed by atoms with van der Waals surface area (Å²) in [5.74, 6) is -2.38. The molecule has 0 spiro atoms. The van der Waals surface area contributed by atoms with Crippen LogP contribution in [0, 0.1) is 11.7 Å². The maximum Gasteiger partial charge on any atom is 0.417 e. The lowest BCUT2D eigenvalue weighted by molar-refractivity contribution is -0.138. The van der Waals surface area contributed by atoms with Crippen LogP contribution in [-0.2, 0) is 6.18 Å². The van der Waals surface area contributed by atoms with Crippen molar-refractivity contribution >= 4 is 5.78 Å². The van der Waals surface area contributed by atoms with Crippen LogP contribution < -0.4 is 0 Å². The molecule has 88 valence electrons. The van der Waals surface area contributed by atoms with Gasteiger partial charge in [-0.15, -0.1) is 0 Å². The fourth-order valence-corrected chi connectivity index (χ4v) is 1.05. The first-order chi connectivity index (χ1) is 7.23. The second-order valence-corrected chi connectivity index (χ2v) is 3.57. The first kappa shape index (κ1) is 12.6. The van der Waals surface area contributed by atoms with E-state index in [1.165, 1.54) is 13.8 Å². The Morgan fingerprint density at radius 2 is 1.94 bits per heavy atom. The topological polar surface area (TPSA) is 30.0 Å². The van der Waals surface area contributed by atoms with E-state index >= 15 is 0 Å². The first-order valence-corrected chi connectivity index (χ1v) is 4.50. The Morgan fingerprint density at radius 3 is 2.31 bits per heavy atom. The Bertz CT molecular complexity index is 412. The maximum atomic E-state index is 13.2. The molecule has 0 saturated heterocycles. The fraction of sp³-hybridized carbons (Fsp3) is 0.400. The summed E-state index contributed by atoms with van der Waals surface area (Å²) in [6.45, 7) is 3.03. The average molecular weight is 235 g/mol. The van der Waals surface area contributed by atoms with E-state index in [2.05, 4.69) is 4.98 Å². The SMILES string of the molecule is CC(C)C(=O)c1ncc(C(F)(F)F)cc1F. The molecule has 0 aliphatic heterocycles. The number of alkyl halides is 3. The Hall–Kier alpha value is -1.46. The first-order valence-electron chi connectivity index (χ1n) is 4.50. The third-order valence-electron chi connectivity index (χ3n) is 1.93. The van der Waals surface area contributed by atoms with Gasteiger partial charge in [0.25, 0.3) is 0 Å². The van der Waals surface area contributed by atoms with Crippen LogP contribution in [0.2, 0.25) is 0 Å². The molecule has 0 bridgehead atoms. The molecule has 16 heavy (non-hydrogen) atoms.